The highest BCUT2D eigenvalue weighted by Gasteiger charge is 2.46. The number of methoxy groups -OCH3 is 1. The third-order valence-electron chi connectivity index (χ3n) is 5.22. The van der Waals surface area contributed by atoms with Gasteiger partial charge in [0, 0.05) is 6.04 Å². The third kappa shape index (κ3) is 5.18. The van der Waals surface area contributed by atoms with Crippen molar-refractivity contribution in [3.8, 4) is 5.75 Å². The summed E-state index contributed by atoms with van der Waals surface area (Å²) in [5.41, 5.74) is 1.97. The van der Waals surface area contributed by atoms with Crippen molar-refractivity contribution in [3.63, 3.8) is 0 Å². The van der Waals surface area contributed by atoms with Gasteiger partial charge < -0.3 is 10.1 Å². The Kier molecular flexibility index (Phi) is 6.65. The molecule has 6 nitrogen and oxygen atoms in total. The summed E-state index contributed by atoms with van der Waals surface area (Å²) in [6, 6.07) is 14.3. The number of nitrogens with one attached hydrogen (secondary N) is 1. The molecule has 0 radical (unpaired) electrons. The van der Waals surface area contributed by atoms with Gasteiger partial charge in [-0.2, -0.15) is 0 Å². The van der Waals surface area contributed by atoms with E-state index < -0.39 is 31.0 Å². The Morgan fingerprint density at radius 2 is 1.83 bits per heavy atom. The lowest BCUT2D eigenvalue weighted by molar-refractivity contribution is 0.402. The van der Waals surface area contributed by atoms with Crippen LogP contribution in [0.25, 0.3) is 0 Å². The van der Waals surface area contributed by atoms with Crippen LogP contribution in [0.4, 0.5) is 0 Å². The lowest BCUT2D eigenvalue weighted by atomic mass is 10.1. The minimum Gasteiger partial charge on any atom is -0.495 e. The fourth-order valence-corrected chi connectivity index (χ4v) is 8.67. The van der Waals surface area contributed by atoms with E-state index in [0.717, 1.165) is 18.4 Å². The van der Waals surface area contributed by atoms with Crippen molar-refractivity contribution in [3.05, 3.63) is 59.7 Å². The summed E-state index contributed by atoms with van der Waals surface area (Å²) in [5, 5.41) is 2.16. The van der Waals surface area contributed by atoms with Crippen LogP contribution in [0.1, 0.15) is 17.5 Å². The van der Waals surface area contributed by atoms with Crippen molar-refractivity contribution in [1.29, 1.82) is 0 Å². The van der Waals surface area contributed by atoms with Crippen LogP contribution >= 0.6 is 0 Å². The number of hydrogen-bond acceptors (Lipinski definition) is 6. The van der Waals surface area contributed by atoms with Crippen LogP contribution in [0.15, 0.2) is 53.4 Å². The van der Waals surface area contributed by atoms with E-state index in [9.17, 15) is 16.8 Å². The molecule has 3 rings (SSSR count). The maximum Gasteiger partial charge on any atom is 0.187 e. The number of sulfone groups is 2. The topological polar surface area (TPSA) is 89.5 Å². The second kappa shape index (κ2) is 8.85. The Balaban J connectivity index is 1.76. The number of aryl methyl sites for hydroxylation is 2. The Morgan fingerprint density at radius 3 is 2.52 bits per heavy atom. The van der Waals surface area contributed by atoms with E-state index in [1.807, 2.05) is 30.3 Å². The van der Waals surface area contributed by atoms with Gasteiger partial charge in [-0.05, 0) is 49.6 Å². The lowest BCUT2D eigenvalue weighted by Gasteiger charge is -2.21. The second-order valence-corrected chi connectivity index (χ2v) is 11.8. The van der Waals surface area contributed by atoms with Crippen molar-refractivity contribution >= 4 is 19.7 Å². The van der Waals surface area contributed by atoms with Crippen LogP contribution in [-0.4, -0.2) is 53.3 Å². The highest BCUT2D eigenvalue weighted by atomic mass is 32.2. The van der Waals surface area contributed by atoms with Crippen molar-refractivity contribution in [1.82, 2.24) is 5.32 Å². The normalized spacial score (nSPS) is 21.2. The molecule has 29 heavy (non-hydrogen) atoms. The SMILES string of the molecule is COc1ccc(C)cc1S(=O)(=O)[C@@H]1CS(=O)(=O)C[C@@H]1NCCCc1ccccc1. The van der Waals surface area contributed by atoms with E-state index in [1.54, 1.807) is 25.1 Å². The molecule has 0 bridgehead atoms. The maximum atomic E-state index is 13.3. The van der Waals surface area contributed by atoms with E-state index in [0.29, 0.717) is 6.54 Å². The Bertz CT molecular complexity index is 1050. The summed E-state index contributed by atoms with van der Waals surface area (Å²) in [6.45, 7) is 2.34. The summed E-state index contributed by atoms with van der Waals surface area (Å²) < 4.78 is 56.4. The average molecular weight is 438 g/mol. The van der Waals surface area contributed by atoms with Gasteiger partial charge in [-0.15, -0.1) is 0 Å². The molecule has 2 aromatic rings. The van der Waals surface area contributed by atoms with Gasteiger partial charge in [-0.3, -0.25) is 0 Å². The summed E-state index contributed by atoms with van der Waals surface area (Å²) in [6.07, 6.45) is 1.64. The molecule has 0 spiro atoms. The Hall–Kier alpha value is -1.90. The molecular formula is C21H27NO5S2. The standard InChI is InChI=1S/C21H27NO5S2/c1-16-10-11-19(27-2)20(13-16)29(25,26)21-15-28(23,24)14-18(21)22-12-6-9-17-7-4-3-5-8-17/h3-5,7-8,10-11,13,18,21-22H,6,9,12,14-15H2,1-2H3/t18-,21+/m0/s1. The van der Waals surface area contributed by atoms with Gasteiger partial charge in [0.2, 0.25) is 0 Å². The highest BCUT2D eigenvalue weighted by molar-refractivity contribution is 7.96. The van der Waals surface area contributed by atoms with Crippen LogP contribution < -0.4 is 10.1 Å². The van der Waals surface area contributed by atoms with Gasteiger partial charge in [0.1, 0.15) is 10.6 Å². The predicted octanol–water partition coefficient (Wildman–Crippen LogP) is 2.17. The summed E-state index contributed by atoms with van der Waals surface area (Å²) in [7, 11) is -5.91. The van der Waals surface area contributed by atoms with Gasteiger partial charge in [0.05, 0.1) is 23.9 Å². The molecule has 1 heterocycles. The van der Waals surface area contributed by atoms with Crippen molar-refractivity contribution < 1.29 is 21.6 Å². The van der Waals surface area contributed by atoms with E-state index in [-0.39, 0.29) is 22.2 Å². The molecule has 2 atom stereocenters. The number of rotatable bonds is 8. The van der Waals surface area contributed by atoms with Crippen molar-refractivity contribution in [2.45, 2.75) is 36.0 Å². The first-order valence-electron chi connectivity index (χ1n) is 9.59. The molecule has 1 fully saturated rings. The molecule has 0 amide bonds. The van der Waals surface area contributed by atoms with Crippen LogP contribution in [0.5, 0.6) is 5.75 Å². The summed E-state index contributed by atoms with van der Waals surface area (Å²) >= 11 is 0. The fourth-order valence-electron chi connectivity index (χ4n) is 3.71. The van der Waals surface area contributed by atoms with Gasteiger partial charge >= 0.3 is 0 Å². The van der Waals surface area contributed by atoms with Crippen molar-refractivity contribution in [2.24, 2.45) is 0 Å². The molecule has 8 heteroatoms. The predicted molar refractivity (Wildman–Crippen MR) is 114 cm³/mol. The fraction of sp³-hybridized carbons (Fsp3) is 0.429. The monoisotopic (exact) mass is 437 g/mol. The molecular weight excluding hydrogens is 410 g/mol. The molecule has 0 aromatic heterocycles. The van der Waals surface area contributed by atoms with Crippen LogP contribution in [0.3, 0.4) is 0 Å². The van der Waals surface area contributed by atoms with Gasteiger partial charge in [-0.25, -0.2) is 16.8 Å². The zero-order chi connectivity index (χ0) is 21.1. The van der Waals surface area contributed by atoms with E-state index in [4.69, 9.17) is 4.74 Å². The van der Waals surface area contributed by atoms with E-state index in [1.165, 1.54) is 12.7 Å². The molecule has 1 N–H and O–H groups in total. The maximum absolute atomic E-state index is 13.3. The zero-order valence-corrected chi connectivity index (χ0v) is 18.3. The molecule has 0 unspecified atom stereocenters. The first-order chi connectivity index (χ1) is 13.7. The minimum absolute atomic E-state index is 0.0539. The number of hydrogen-bond donors (Lipinski definition) is 1. The van der Waals surface area contributed by atoms with Crippen LogP contribution in [0, 0.1) is 6.92 Å². The molecule has 1 aliphatic rings. The highest BCUT2D eigenvalue weighted by Crippen LogP contribution is 2.32. The van der Waals surface area contributed by atoms with E-state index in [2.05, 4.69) is 5.32 Å². The molecule has 0 aliphatic carbocycles. The molecule has 0 saturated carbocycles. The largest absolute Gasteiger partial charge is 0.495 e. The molecule has 1 aliphatic heterocycles. The second-order valence-electron chi connectivity index (χ2n) is 7.46. The average Bonchev–Trinajstić information content (AvgIpc) is 3.01. The Labute approximate surface area is 173 Å². The minimum atomic E-state index is -3.88. The zero-order valence-electron chi connectivity index (χ0n) is 16.7. The van der Waals surface area contributed by atoms with E-state index >= 15 is 0 Å². The van der Waals surface area contributed by atoms with Crippen molar-refractivity contribution in [2.75, 3.05) is 25.2 Å². The summed E-state index contributed by atoms with van der Waals surface area (Å²) in [4.78, 5) is 0.0539. The quantitative estimate of drug-likeness (QED) is 0.637. The molecule has 1 saturated heterocycles. The first kappa shape index (κ1) is 21.8. The molecule has 158 valence electrons. The van der Waals surface area contributed by atoms with Gasteiger partial charge in [-0.1, -0.05) is 36.4 Å². The molecule has 2 aromatic carbocycles. The van der Waals surface area contributed by atoms with Gasteiger partial charge in [0.15, 0.2) is 19.7 Å². The van der Waals surface area contributed by atoms with Gasteiger partial charge in [0.25, 0.3) is 0 Å². The number of benzene rings is 2. The van der Waals surface area contributed by atoms with Crippen LogP contribution in [0.2, 0.25) is 0 Å². The summed E-state index contributed by atoms with van der Waals surface area (Å²) in [5.74, 6) is -0.304. The smallest absolute Gasteiger partial charge is 0.187 e. The Morgan fingerprint density at radius 1 is 1.10 bits per heavy atom. The number of ether oxygens (including phenoxy) is 1. The third-order valence-corrected chi connectivity index (χ3v) is 9.39. The lowest BCUT2D eigenvalue weighted by Crippen LogP contribution is -2.43. The first-order valence-corrected chi connectivity index (χ1v) is 13.0. The van der Waals surface area contributed by atoms with Crippen LogP contribution in [-0.2, 0) is 26.1 Å².